The maximum absolute atomic E-state index is 5.98. The first-order valence-corrected chi connectivity index (χ1v) is 8.25. The lowest BCUT2D eigenvalue weighted by Gasteiger charge is -2.33. The van der Waals surface area contributed by atoms with Crippen molar-refractivity contribution in [1.29, 1.82) is 0 Å². The Bertz CT molecular complexity index is 457. The second-order valence-corrected chi connectivity index (χ2v) is 5.82. The molecule has 0 radical (unpaired) electrons. The molecule has 3 N–H and O–H groups in total. The molecule has 1 aliphatic heterocycles. The maximum Gasteiger partial charge on any atom is 0.189 e. The van der Waals surface area contributed by atoms with Crippen LogP contribution in [0.5, 0.6) is 0 Å². The van der Waals surface area contributed by atoms with Gasteiger partial charge in [-0.1, -0.05) is 37.3 Å². The highest BCUT2D eigenvalue weighted by molar-refractivity contribution is 14.0. The lowest BCUT2D eigenvalue weighted by Crippen LogP contribution is -2.47. The van der Waals surface area contributed by atoms with Crippen molar-refractivity contribution < 1.29 is 0 Å². The first-order chi connectivity index (χ1) is 10.7. The number of guanidine groups is 1. The Hall–Kier alpha value is -0.860. The molecule has 0 aliphatic carbocycles. The molecular formula is C17H30IN5. The zero-order chi connectivity index (χ0) is 15.8. The summed E-state index contributed by atoms with van der Waals surface area (Å²) in [6.45, 7) is 11.8. The average molecular weight is 431 g/mol. The predicted octanol–water partition coefficient (Wildman–Crippen LogP) is 1.91. The van der Waals surface area contributed by atoms with E-state index in [4.69, 9.17) is 5.73 Å². The van der Waals surface area contributed by atoms with E-state index in [1.807, 2.05) is 18.2 Å². The summed E-state index contributed by atoms with van der Waals surface area (Å²) >= 11 is 0. The number of nitrogens with two attached hydrogens (primary N) is 1. The molecule has 0 amide bonds. The van der Waals surface area contributed by atoms with Gasteiger partial charge in [0.25, 0.3) is 0 Å². The quantitative estimate of drug-likeness (QED) is 0.411. The standard InChI is InChI=1S/C17H29N5.HI/c1-3-21-11-13-22(14-12-21)10-9-19-17(18)20-15(2)16-7-5-4-6-8-16;/h4-8,15H,3,9-14H2,1-2H3,(H3,18,19,20);1H. The lowest BCUT2D eigenvalue weighted by molar-refractivity contribution is 0.140. The Morgan fingerprint density at radius 1 is 1.17 bits per heavy atom. The molecule has 0 aromatic heterocycles. The fourth-order valence-corrected chi connectivity index (χ4v) is 2.73. The topological polar surface area (TPSA) is 56.9 Å². The van der Waals surface area contributed by atoms with Gasteiger partial charge in [0, 0.05) is 32.7 Å². The molecule has 23 heavy (non-hydrogen) atoms. The van der Waals surface area contributed by atoms with Crippen molar-refractivity contribution in [2.75, 3.05) is 45.8 Å². The highest BCUT2D eigenvalue weighted by Gasteiger charge is 2.14. The van der Waals surface area contributed by atoms with E-state index in [9.17, 15) is 0 Å². The number of rotatable bonds is 6. The fourth-order valence-electron chi connectivity index (χ4n) is 2.73. The van der Waals surface area contributed by atoms with Gasteiger partial charge in [0.15, 0.2) is 5.96 Å². The van der Waals surface area contributed by atoms with E-state index in [1.54, 1.807) is 0 Å². The van der Waals surface area contributed by atoms with E-state index >= 15 is 0 Å². The Labute approximate surface area is 157 Å². The third-order valence-electron chi connectivity index (χ3n) is 4.27. The van der Waals surface area contributed by atoms with Gasteiger partial charge in [0.2, 0.25) is 0 Å². The number of benzene rings is 1. The molecule has 1 fully saturated rings. The van der Waals surface area contributed by atoms with Crippen LogP contribution >= 0.6 is 24.0 Å². The molecule has 1 unspecified atom stereocenters. The molecule has 1 saturated heterocycles. The first kappa shape index (κ1) is 20.2. The van der Waals surface area contributed by atoms with E-state index in [1.165, 1.54) is 18.7 Å². The van der Waals surface area contributed by atoms with Gasteiger partial charge in [0.05, 0.1) is 12.6 Å². The van der Waals surface area contributed by atoms with Crippen molar-refractivity contribution in [3.8, 4) is 0 Å². The summed E-state index contributed by atoms with van der Waals surface area (Å²) in [5.41, 5.74) is 7.20. The normalized spacial score (nSPS) is 18.3. The van der Waals surface area contributed by atoms with E-state index in [-0.39, 0.29) is 30.0 Å². The zero-order valence-corrected chi connectivity index (χ0v) is 16.6. The maximum atomic E-state index is 5.98. The minimum atomic E-state index is 0. The number of nitrogens with zero attached hydrogens (tertiary/aromatic N) is 3. The summed E-state index contributed by atoms with van der Waals surface area (Å²) < 4.78 is 0. The Morgan fingerprint density at radius 3 is 2.39 bits per heavy atom. The first-order valence-electron chi connectivity index (χ1n) is 8.25. The van der Waals surface area contributed by atoms with Crippen molar-refractivity contribution in [2.24, 2.45) is 10.7 Å². The lowest BCUT2D eigenvalue weighted by atomic mass is 10.1. The summed E-state index contributed by atoms with van der Waals surface area (Å²) in [5, 5.41) is 3.25. The second kappa shape index (κ2) is 10.8. The van der Waals surface area contributed by atoms with Crippen molar-refractivity contribution >= 4 is 29.9 Å². The SMILES string of the molecule is CCN1CCN(CCN=C(N)NC(C)c2ccccc2)CC1.I. The molecule has 0 bridgehead atoms. The van der Waals surface area contributed by atoms with E-state index < -0.39 is 0 Å². The van der Waals surface area contributed by atoms with Crippen LogP contribution in [0.2, 0.25) is 0 Å². The summed E-state index contributed by atoms with van der Waals surface area (Å²) in [4.78, 5) is 9.40. The number of hydrogen-bond donors (Lipinski definition) is 2. The van der Waals surface area contributed by atoms with E-state index in [0.29, 0.717) is 5.96 Å². The minimum absolute atomic E-state index is 0. The van der Waals surface area contributed by atoms with Crippen LogP contribution in [0.4, 0.5) is 0 Å². The molecule has 1 aliphatic rings. The molecule has 1 atom stereocenters. The van der Waals surface area contributed by atoms with Crippen molar-refractivity contribution in [2.45, 2.75) is 19.9 Å². The van der Waals surface area contributed by atoms with Crippen LogP contribution in [-0.2, 0) is 0 Å². The molecule has 130 valence electrons. The molecule has 0 saturated carbocycles. The van der Waals surface area contributed by atoms with Gasteiger partial charge >= 0.3 is 0 Å². The summed E-state index contributed by atoms with van der Waals surface area (Å²) in [5.74, 6) is 0.531. The zero-order valence-electron chi connectivity index (χ0n) is 14.2. The van der Waals surface area contributed by atoms with Crippen molar-refractivity contribution in [3.63, 3.8) is 0 Å². The molecule has 1 aromatic rings. The van der Waals surface area contributed by atoms with Gasteiger partial charge in [-0.2, -0.15) is 0 Å². The van der Waals surface area contributed by atoms with Crippen molar-refractivity contribution in [3.05, 3.63) is 35.9 Å². The Morgan fingerprint density at radius 2 is 1.78 bits per heavy atom. The third-order valence-corrected chi connectivity index (χ3v) is 4.27. The number of hydrogen-bond acceptors (Lipinski definition) is 3. The minimum Gasteiger partial charge on any atom is -0.370 e. The number of nitrogens with one attached hydrogen (secondary N) is 1. The smallest absolute Gasteiger partial charge is 0.189 e. The number of halogens is 1. The van der Waals surface area contributed by atoms with Crippen molar-refractivity contribution in [1.82, 2.24) is 15.1 Å². The Balaban J connectivity index is 0.00000264. The summed E-state index contributed by atoms with van der Waals surface area (Å²) in [6, 6.07) is 10.5. The van der Waals surface area contributed by atoms with Crippen LogP contribution in [0, 0.1) is 0 Å². The monoisotopic (exact) mass is 431 g/mol. The van der Waals surface area contributed by atoms with Gasteiger partial charge in [0.1, 0.15) is 0 Å². The highest BCUT2D eigenvalue weighted by atomic mass is 127. The average Bonchev–Trinajstić information content (AvgIpc) is 2.56. The second-order valence-electron chi connectivity index (χ2n) is 5.82. The molecule has 1 aromatic carbocycles. The Kier molecular flexibility index (Phi) is 9.50. The highest BCUT2D eigenvalue weighted by Crippen LogP contribution is 2.10. The number of aliphatic imine (C=N–C) groups is 1. The molecule has 0 spiro atoms. The van der Waals surface area contributed by atoms with Gasteiger partial charge < -0.3 is 16.0 Å². The van der Waals surface area contributed by atoms with Gasteiger partial charge in [-0.15, -0.1) is 24.0 Å². The summed E-state index contributed by atoms with van der Waals surface area (Å²) in [7, 11) is 0. The molecule has 6 heteroatoms. The fraction of sp³-hybridized carbons (Fsp3) is 0.588. The van der Waals surface area contributed by atoms with Crippen LogP contribution in [0.3, 0.4) is 0 Å². The molecule has 1 heterocycles. The summed E-state index contributed by atoms with van der Waals surface area (Å²) in [6.07, 6.45) is 0. The van der Waals surface area contributed by atoms with Crippen LogP contribution in [-0.4, -0.2) is 61.6 Å². The molecule has 2 rings (SSSR count). The number of likely N-dealkylation sites (N-methyl/N-ethyl adjacent to an activating group) is 1. The van der Waals surface area contributed by atoms with Crippen LogP contribution in [0.15, 0.2) is 35.3 Å². The molecule has 5 nitrogen and oxygen atoms in total. The van der Waals surface area contributed by atoms with Crippen LogP contribution in [0.1, 0.15) is 25.5 Å². The van der Waals surface area contributed by atoms with Crippen LogP contribution in [0.25, 0.3) is 0 Å². The largest absolute Gasteiger partial charge is 0.370 e. The van der Waals surface area contributed by atoms with Gasteiger partial charge in [-0.3, -0.25) is 9.89 Å². The van der Waals surface area contributed by atoms with E-state index in [2.05, 4.69) is 46.1 Å². The van der Waals surface area contributed by atoms with Crippen LogP contribution < -0.4 is 11.1 Å². The number of piperazine rings is 1. The van der Waals surface area contributed by atoms with E-state index in [0.717, 1.165) is 32.7 Å². The molecular weight excluding hydrogens is 401 g/mol. The van der Waals surface area contributed by atoms with Gasteiger partial charge in [-0.05, 0) is 19.0 Å². The van der Waals surface area contributed by atoms with Gasteiger partial charge in [-0.25, -0.2) is 0 Å². The predicted molar refractivity (Wildman–Crippen MR) is 108 cm³/mol. The third kappa shape index (κ3) is 7.05.